The first-order valence-corrected chi connectivity index (χ1v) is 9.03. The summed E-state index contributed by atoms with van der Waals surface area (Å²) in [6.07, 6.45) is 12.4. The Kier molecular flexibility index (Phi) is 7.32. The van der Waals surface area contributed by atoms with E-state index in [9.17, 15) is 0 Å². The van der Waals surface area contributed by atoms with Crippen LogP contribution in [0.1, 0.15) is 64.7 Å². The smallest absolute Gasteiger partial charge is 0.0223 e. The van der Waals surface area contributed by atoms with Gasteiger partial charge in [-0.15, -0.1) is 0 Å². The summed E-state index contributed by atoms with van der Waals surface area (Å²) in [6, 6.07) is 1.46. The molecule has 2 aliphatic heterocycles. The van der Waals surface area contributed by atoms with Crippen LogP contribution in [0.15, 0.2) is 0 Å². The molecule has 0 saturated carbocycles. The van der Waals surface area contributed by atoms with Gasteiger partial charge in [0, 0.05) is 25.2 Å². The molecule has 0 aromatic heterocycles. The van der Waals surface area contributed by atoms with Crippen molar-refractivity contribution in [2.45, 2.75) is 76.8 Å². The average molecular weight is 281 g/mol. The molecule has 2 heterocycles. The van der Waals surface area contributed by atoms with Gasteiger partial charge in [0.2, 0.25) is 0 Å². The summed E-state index contributed by atoms with van der Waals surface area (Å²) < 4.78 is 0. The van der Waals surface area contributed by atoms with E-state index in [2.05, 4.69) is 16.7 Å². The summed E-state index contributed by atoms with van der Waals surface area (Å²) in [6.45, 7) is 8.33. The highest BCUT2D eigenvalue weighted by Crippen LogP contribution is 2.23. The lowest BCUT2D eigenvalue weighted by atomic mass is 10.0. The van der Waals surface area contributed by atoms with Crippen LogP contribution in [-0.4, -0.2) is 54.6 Å². The van der Waals surface area contributed by atoms with Crippen molar-refractivity contribution < 1.29 is 0 Å². The maximum atomic E-state index is 6.08. The summed E-state index contributed by atoms with van der Waals surface area (Å²) in [4.78, 5) is 5.44. The molecule has 0 aromatic carbocycles. The fourth-order valence-corrected chi connectivity index (χ4v) is 4.00. The van der Waals surface area contributed by atoms with Crippen molar-refractivity contribution in [3.8, 4) is 0 Å². The van der Waals surface area contributed by atoms with E-state index in [-0.39, 0.29) is 0 Å². The van der Waals surface area contributed by atoms with Gasteiger partial charge in [-0.05, 0) is 45.3 Å². The molecule has 2 aliphatic rings. The van der Waals surface area contributed by atoms with Gasteiger partial charge < -0.3 is 5.73 Å². The minimum absolute atomic E-state index is 0.636. The topological polar surface area (TPSA) is 32.5 Å². The minimum atomic E-state index is 0.636. The molecule has 2 unspecified atom stereocenters. The quantitative estimate of drug-likeness (QED) is 0.694. The van der Waals surface area contributed by atoms with Crippen molar-refractivity contribution in [1.29, 1.82) is 0 Å². The van der Waals surface area contributed by atoms with E-state index in [1.54, 1.807) is 0 Å². The number of unbranched alkanes of at least 4 members (excludes halogenated alkanes) is 4. The second kappa shape index (κ2) is 9.01. The fourth-order valence-electron chi connectivity index (χ4n) is 4.00. The highest BCUT2D eigenvalue weighted by Gasteiger charge is 2.30. The number of rotatable bonds is 8. The predicted molar refractivity (Wildman–Crippen MR) is 87.0 cm³/mol. The van der Waals surface area contributed by atoms with Gasteiger partial charge in [-0.1, -0.05) is 39.0 Å². The van der Waals surface area contributed by atoms with Crippen LogP contribution in [0.25, 0.3) is 0 Å². The molecule has 0 aromatic rings. The number of hydrogen-bond donors (Lipinski definition) is 1. The summed E-state index contributed by atoms with van der Waals surface area (Å²) in [5.74, 6) is 0. The number of hydrogen-bond acceptors (Lipinski definition) is 3. The van der Waals surface area contributed by atoms with E-state index in [0.29, 0.717) is 6.04 Å². The molecule has 3 heteroatoms. The third-order valence-electron chi connectivity index (χ3n) is 5.26. The Morgan fingerprint density at radius 2 is 1.85 bits per heavy atom. The van der Waals surface area contributed by atoms with Gasteiger partial charge in [0.15, 0.2) is 0 Å². The zero-order chi connectivity index (χ0) is 14.2. The SMILES string of the molecule is CCCCCCCC(CN)N1CCCN2CCCC2C1. The Morgan fingerprint density at radius 3 is 2.65 bits per heavy atom. The van der Waals surface area contributed by atoms with Crippen molar-refractivity contribution >= 4 is 0 Å². The first-order chi connectivity index (χ1) is 9.85. The molecule has 0 bridgehead atoms. The van der Waals surface area contributed by atoms with Crippen LogP contribution in [-0.2, 0) is 0 Å². The van der Waals surface area contributed by atoms with Gasteiger partial charge in [0.05, 0.1) is 0 Å². The van der Waals surface area contributed by atoms with Crippen LogP contribution in [0.2, 0.25) is 0 Å². The van der Waals surface area contributed by atoms with E-state index < -0.39 is 0 Å². The van der Waals surface area contributed by atoms with Crippen molar-refractivity contribution in [1.82, 2.24) is 9.80 Å². The van der Waals surface area contributed by atoms with Crippen LogP contribution in [0.3, 0.4) is 0 Å². The van der Waals surface area contributed by atoms with Crippen LogP contribution in [0, 0.1) is 0 Å². The van der Waals surface area contributed by atoms with E-state index in [1.165, 1.54) is 84.0 Å². The van der Waals surface area contributed by atoms with Gasteiger partial charge in [0.25, 0.3) is 0 Å². The molecule has 3 nitrogen and oxygen atoms in total. The van der Waals surface area contributed by atoms with Crippen molar-refractivity contribution in [2.75, 3.05) is 32.7 Å². The third-order valence-corrected chi connectivity index (χ3v) is 5.26. The molecule has 20 heavy (non-hydrogen) atoms. The highest BCUT2D eigenvalue weighted by molar-refractivity contribution is 4.87. The van der Waals surface area contributed by atoms with E-state index >= 15 is 0 Å². The molecule has 0 radical (unpaired) electrons. The number of nitrogens with zero attached hydrogens (tertiary/aromatic N) is 2. The molecule has 2 atom stereocenters. The summed E-state index contributed by atoms with van der Waals surface area (Å²) >= 11 is 0. The van der Waals surface area contributed by atoms with Crippen molar-refractivity contribution in [2.24, 2.45) is 5.73 Å². The summed E-state index contributed by atoms with van der Waals surface area (Å²) in [5.41, 5.74) is 6.08. The molecule has 118 valence electrons. The van der Waals surface area contributed by atoms with Gasteiger partial charge in [-0.25, -0.2) is 0 Å². The van der Waals surface area contributed by atoms with Crippen LogP contribution in [0.5, 0.6) is 0 Å². The molecular formula is C17H35N3. The summed E-state index contributed by atoms with van der Waals surface area (Å²) in [5, 5.41) is 0. The molecule has 0 spiro atoms. The Labute approximate surface area is 125 Å². The van der Waals surface area contributed by atoms with E-state index in [0.717, 1.165) is 12.6 Å². The zero-order valence-corrected chi connectivity index (χ0v) is 13.5. The first kappa shape index (κ1) is 16.3. The van der Waals surface area contributed by atoms with Crippen LogP contribution in [0.4, 0.5) is 0 Å². The minimum Gasteiger partial charge on any atom is -0.329 e. The lowest BCUT2D eigenvalue weighted by Crippen LogP contribution is -2.45. The second-order valence-corrected chi connectivity index (χ2v) is 6.77. The van der Waals surface area contributed by atoms with Crippen molar-refractivity contribution in [3.63, 3.8) is 0 Å². The highest BCUT2D eigenvalue weighted by atomic mass is 15.3. The molecule has 0 amide bonds. The summed E-state index contributed by atoms with van der Waals surface area (Å²) in [7, 11) is 0. The van der Waals surface area contributed by atoms with Crippen molar-refractivity contribution in [3.05, 3.63) is 0 Å². The Bertz CT molecular complexity index is 257. The van der Waals surface area contributed by atoms with Crippen LogP contribution < -0.4 is 5.73 Å². The normalized spacial score (nSPS) is 26.4. The zero-order valence-electron chi connectivity index (χ0n) is 13.5. The monoisotopic (exact) mass is 281 g/mol. The third kappa shape index (κ3) is 4.71. The standard InChI is InChI=1S/C17H35N3/c1-2-3-4-5-6-9-16(14-18)20-13-8-12-19-11-7-10-17(19)15-20/h16-17H,2-15,18H2,1H3. The Balaban J connectivity index is 1.74. The predicted octanol–water partition coefficient (Wildman–Crippen LogP) is 2.84. The van der Waals surface area contributed by atoms with E-state index in [4.69, 9.17) is 5.73 Å². The van der Waals surface area contributed by atoms with Crippen LogP contribution >= 0.6 is 0 Å². The van der Waals surface area contributed by atoms with Gasteiger partial charge in [0.1, 0.15) is 0 Å². The Morgan fingerprint density at radius 1 is 1.05 bits per heavy atom. The second-order valence-electron chi connectivity index (χ2n) is 6.77. The fraction of sp³-hybridized carbons (Fsp3) is 1.00. The molecule has 2 rings (SSSR count). The molecule has 2 N–H and O–H groups in total. The van der Waals surface area contributed by atoms with Gasteiger partial charge in [-0.3, -0.25) is 9.80 Å². The first-order valence-electron chi connectivity index (χ1n) is 9.03. The van der Waals surface area contributed by atoms with E-state index in [1.807, 2.05) is 0 Å². The molecule has 2 fully saturated rings. The molecule has 2 saturated heterocycles. The van der Waals surface area contributed by atoms with Gasteiger partial charge in [-0.2, -0.15) is 0 Å². The lowest BCUT2D eigenvalue weighted by molar-refractivity contribution is 0.166. The molecule has 0 aliphatic carbocycles. The number of nitrogens with two attached hydrogens (primary N) is 1. The average Bonchev–Trinajstić information content (AvgIpc) is 2.80. The maximum Gasteiger partial charge on any atom is 0.0223 e. The number of fused-ring (bicyclic) bond motifs is 1. The van der Waals surface area contributed by atoms with Gasteiger partial charge >= 0.3 is 0 Å². The lowest BCUT2D eigenvalue weighted by Gasteiger charge is -2.32. The Hall–Kier alpha value is -0.120. The maximum absolute atomic E-state index is 6.08. The largest absolute Gasteiger partial charge is 0.329 e. The molecular weight excluding hydrogens is 246 g/mol.